The molecule has 1 unspecified atom stereocenters. The molecule has 21 heavy (non-hydrogen) atoms. The van der Waals surface area contributed by atoms with E-state index in [1.807, 2.05) is 32.0 Å². The van der Waals surface area contributed by atoms with Crippen molar-refractivity contribution in [3.8, 4) is 5.75 Å². The van der Waals surface area contributed by atoms with Crippen LogP contribution in [-0.4, -0.2) is 31.5 Å². The second-order valence-electron chi connectivity index (χ2n) is 5.30. The van der Waals surface area contributed by atoms with E-state index >= 15 is 0 Å². The van der Waals surface area contributed by atoms with E-state index in [0.29, 0.717) is 19.4 Å². The maximum absolute atomic E-state index is 12.7. The Hall–Kier alpha value is -2.04. The van der Waals surface area contributed by atoms with Crippen LogP contribution in [0.5, 0.6) is 5.75 Å². The van der Waals surface area contributed by atoms with Gasteiger partial charge in [-0.15, -0.1) is 0 Å². The highest BCUT2D eigenvalue weighted by Crippen LogP contribution is 2.26. The number of rotatable bonds is 4. The zero-order chi connectivity index (χ0) is 15.4. The smallest absolute Gasteiger partial charge is 0.249 e. The third-order valence-electron chi connectivity index (χ3n) is 3.73. The molecule has 0 bridgehead atoms. The molecule has 0 aliphatic carbocycles. The molecular weight excluding hydrogens is 268 g/mol. The van der Waals surface area contributed by atoms with Crippen molar-refractivity contribution in [2.45, 2.75) is 39.2 Å². The molecule has 2 amide bonds. The van der Waals surface area contributed by atoms with E-state index in [1.54, 1.807) is 12.0 Å². The topological polar surface area (TPSA) is 58.6 Å². The van der Waals surface area contributed by atoms with E-state index in [0.717, 1.165) is 23.4 Å². The molecule has 1 aromatic carbocycles. The first-order valence-corrected chi connectivity index (χ1v) is 7.32. The number of hydrogen-bond donors (Lipinski definition) is 1. The molecule has 0 aromatic heterocycles. The van der Waals surface area contributed by atoms with Crippen LogP contribution in [0.2, 0.25) is 0 Å². The average molecular weight is 290 g/mol. The molecule has 1 aromatic rings. The molecule has 114 valence electrons. The van der Waals surface area contributed by atoms with Gasteiger partial charge in [0.05, 0.1) is 7.11 Å². The third-order valence-corrected chi connectivity index (χ3v) is 3.73. The molecule has 5 heteroatoms. The minimum absolute atomic E-state index is 0.0315. The van der Waals surface area contributed by atoms with Gasteiger partial charge in [0.15, 0.2) is 0 Å². The van der Waals surface area contributed by atoms with Crippen molar-refractivity contribution < 1.29 is 14.3 Å². The van der Waals surface area contributed by atoms with E-state index in [9.17, 15) is 9.59 Å². The standard InChI is InChI=1S/C16H22N2O3/c1-4-5-13-16(20)18(9-8-15(19)17-13)14-7-6-12(21-3)10-11(14)2/h6-7,10,13H,4-5,8-9H2,1-3H3,(H,17,19). The summed E-state index contributed by atoms with van der Waals surface area (Å²) in [5.41, 5.74) is 1.81. The van der Waals surface area contributed by atoms with Crippen LogP contribution in [0, 0.1) is 6.92 Å². The van der Waals surface area contributed by atoms with Crippen molar-refractivity contribution in [1.29, 1.82) is 0 Å². The van der Waals surface area contributed by atoms with Crippen LogP contribution in [0.25, 0.3) is 0 Å². The van der Waals surface area contributed by atoms with E-state index in [2.05, 4.69) is 5.32 Å². The molecule has 1 aliphatic heterocycles. The summed E-state index contributed by atoms with van der Waals surface area (Å²) >= 11 is 0. The van der Waals surface area contributed by atoms with E-state index in [-0.39, 0.29) is 11.8 Å². The largest absolute Gasteiger partial charge is 0.497 e. The monoisotopic (exact) mass is 290 g/mol. The Morgan fingerprint density at radius 3 is 2.76 bits per heavy atom. The Morgan fingerprint density at radius 1 is 1.38 bits per heavy atom. The van der Waals surface area contributed by atoms with Crippen LogP contribution in [-0.2, 0) is 9.59 Å². The first-order chi connectivity index (χ1) is 10.1. The number of carbonyl (C=O) groups excluding carboxylic acids is 2. The van der Waals surface area contributed by atoms with Crippen molar-refractivity contribution in [3.05, 3.63) is 23.8 Å². The Bertz CT molecular complexity index is 542. The van der Waals surface area contributed by atoms with Crippen LogP contribution in [0.1, 0.15) is 31.7 Å². The zero-order valence-electron chi connectivity index (χ0n) is 12.8. The molecule has 5 nitrogen and oxygen atoms in total. The van der Waals surface area contributed by atoms with Gasteiger partial charge in [0.25, 0.3) is 0 Å². The minimum Gasteiger partial charge on any atom is -0.497 e. The van der Waals surface area contributed by atoms with Crippen molar-refractivity contribution in [2.75, 3.05) is 18.6 Å². The van der Waals surface area contributed by atoms with E-state index in [1.165, 1.54) is 0 Å². The molecular formula is C16H22N2O3. The van der Waals surface area contributed by atoms with E-state index in [4.69, 9.17) is 4.74 Å². The quantitative estimate of drug-likeness (QED) is 0.923. The lowest BCUT2D eigenvalue weighted by Crippen LogP contribution is -2.44. The third kappa shape index (κ3) is 3.35. The molecule has 1 fully saturated rings. The number of nitrogens with zero attached hydrogens (tertiary/aromatic N) is 1. The highest BCUT2D eigenvalue weighted by atomic mass is 16.5. The highest BCUT2D eigenvalue weighted by molar-refractivity contribution is 6.01. The molecule has 2 rings (SSSR count). The number of nitrogens with one attached hydrogen (secondary N) is 1. The van der Waals surface area contributed by atoms with Crippen LogP contribution < -0.4 is 15.0 Å². The first kappa shape index (κ1) is 15.4. The van der Waals surface area contributed by atoms with Gasteiger partial charge in [-0.05, 0) is 37.1 Å². The second-order valence-corrected chi connectivity index (χ2v) is 5.30. The number of hydrogen-bond acceptors (Lipinski definition) is 3. The molecule has 1 saturated heterocycles. The summed E-state index contributed by atoms with van der Waals surface area (Å²) < 4.78 is 5.20. The fourth-order valence-corrected chi connectivity index (χ4v) is 2.62. The van der Waals surface area contributed by atoms with Gasteiger partial charge in [-0.3, -0.25) is 9.59 Å². The van der Waals surface area contributed by atoms with Gasteiger partial charge in [0.1, 0.15) is 11.8 Å². The van der Waals surface area contributed by atoms with Crippen molar-refractivity contribution >= 4 is 17.5 Å². The summed E-state index contributed by atoms with van der Waals surface area (Å²) in [5.74, 6) is 0.671. The first-order valence-electron chi connectivity index (χ1n) is 7.32. The Morgan fingerprint density at radius 2 is 2.14 bits per heavy atom. The van der Waals surface area contributed by atoms with Gasteiger partial charge in [-0.25, -0.2) is 0 Å². The van der Waals surface area contributed by atoms with Crippen molar-refractivity contribution in [1.82, 2.24) is 5.32 Å². The maximum atomic E-state index is 12.7. The normalized spacial score (nSPS) is 19.2. The summed E-state index contributed by atoms with van der Waals surface area (Å²) in [7, 11) is 1.62. The van der Waals surface area contributed by atoms with Gasteiger partial charge in [0, 0.05) is 18.7 Å². The van der Waals surface area contributed by atoms with E-state index < -0.39 is 6.04 Å². The Kier molecular flexibility index (Phi) is 4.83. The van der Waals surface area contributed by atoms with Gasteiger partial charge in [0.2, 0.25) is 11.8 Å². The van der Waals surface area contributed by atoms with Gasteiger partial charge in [-0.1, -0.05) is 13.3 Å². The Labute approximate surface area is 125 Å². The van der Waals surface area contributed by atoms with Gasteiger partial charge < -0.3 is 15.0 Å². The van der Waals surface area contributed by atoms with Crippen molar-refractivity contribution in [2.24, 2.45) is 0 Å². The Balaban J connectivity index is 2.32. The fraction of sp³-hybridized carbons (Fsp3) is 0.500. The SMILES string of the molecule is CCCC1NC(=O)CCN(c2ccc(OC)cc2C)C1=O. The number of amides is 2. The second kappa shape index (κ2) is 6.61. The number of anilines is 1. The summed E-state index contributed by atoms with van der Waals surface area (Å²) in [5, 5.41) is 2.82. The summed E-state index contributed by atoms with van der Waals surface area (Å²) in [6.45, 7) is 4.37. The number of carbonyl (C=O) groups is 2. The zero-order valence-corrected chi connectivity index (χ0v) is 12.8. The average Bonchev–Trinajstić information content (AvgIpc) is 2.60. The van der Waals surface area contributed by atoms with Crippen LogP contribution in [0.3, 0.4) is 0 Å². The molecule has 1 aliphatic rings. The molecule has 0 spiro atoms. The molecule has 1 heterocycles. The van der Waals surface area contributed by atoms with Crippen LogP contribution in [0.4, 0.5) is 5.69 Å². The summed E-state index contributed by atoms with van der Waals surface area (Å²) in [6, 6.07) is 5.19. The lowest BCUT2D eigenvalue weighted by Gasteiger charge is -2.25. The predicted octanol–water partition coefficient (Wildman–Crippen LogP) is 2.03. The van der Waals surface area contributed by atoms with Crippen LogP contribution >= 0.6 is 0 Å². The predicted molar refractivity (Wildman–Crippen MR) is 81.5 cm³/mol. The fourth-order valence-electron chi connectivity index (χ4n) is 2.62. The van der Waals surface area contributed by atoms with Gasteiger partial charge >= 0.3 is 0 Å². The van der Waals surface area contributed by atoms with Crippen molar-refractivity contribution in [3.63, 3.8) is 0 Å². The molecule has 0 saturated carbocycles. The van der Waals surface area contributed by atoms with Gasteiger partial charge in [-0.2, -0.15) is 0 Å². The summed E-state index contributed by atoms with van der Waals surface area (Å²) in [4.78, 5) is 26.1. The van der Waals surface area contributed by atoms with Crippen LogP contribution in [0.15, 0.2) is 18.2 Å². The maximum Gasteiger partial charge on any atom is 0.249 e. The lowest BCUT2D eigenvalue weighted by atomic mass is 10.1. The number of methoxy groups -OCH3 is 1. The summed E-state index contributed by atoms with van der Waals surface area (Å²) in [6.07, 6.45) is 1.85. The number of benzene rings is 1. The number of ether oxygens (including phenoxy) is 1. The molecule has 1 N–H and O–H groups in total. The number of aryl methyl sites for hydroxylation is 1. The highest BCUT2D eigenvalue weighted by Gasteiger charge is 2.30. The molecule has 1 atom stereocenters. The lowest BCUT2D eigenvalue weighted by molar-refractivity contribution is -0.125. The minimum atomic E-state index is -0.425. The molecule has 0 radical (unpaired) electrons.